The lowest BCUT2D eigenvalue weighted by molar-refractivity contribution is -0.116. The average molecular weight is 231 g/mol. The van der Waals surface area contributed by atoms with Gasteiger partial charge < -0.3 is 10.0 Å². The van der Waals surface area contributed by atoms with E-state index in [1.807, 2.05) is 18.3 Å². The van der Waals surface area contributed by atoms with Gasteiger partial charge in [-0.15, -0.1) is 0 Å². The largest absolute Gasteiger partial charge is 0.508 e. The highest BCUT2D eigenvalue weighted by molar-refractivity contribution is 5.90. The molecule has 0 bridgehead atoms. The fourth-order valence-electron chi connectivity index (χ4n) is 2.16. The minimum Gasteiger partial charge on any atom is -0.508 e. The summed E-state index contributed by atoms with van der Waals surface area (Å²) in [5.74, 6) is 0.405. The smallest absolute Gasteiger partial charge is 0.159 e. The monoisotopic (exact) mass is 231 g/mol. The molecular weight excluding hydrogens is 214 g/mol. The lowest BCUT2D eigenvalue weighted by atomic mass is 9.96. The lowest BCUT2D eigenvalue weighted by Gasteiger charge is -2.36. The number of phenols is 1. The van der Waals surface area contributed by atoms with Crippen molar-refractivity contribution >= 4 is 5.78 Å². The van der Waals surface area contributed by atoms with Crippen LogP contribution in [-0.4, -0.2) is 21.8 Å². The first-order valence-corrected chi connectivity index (χ1v) is 5.85. The third kappa shape index (κ3) is 2.49. The van der Waals surface area contributed by atoms with E-state index in [2.05, 4.69) is 18.7 Å². The van der Waals surface area contributed by atoms with E-state index in [9.17, 15) is 9.90 Å². The van der Waals surface area contributed by atoms with E-state index in [4.69, 9.17) is 0 Å². The Kier molecular flexibility index (Phi) is 3.18. The summed E-state index contributed by atoms with van der Waals surface area (Å²) >= 11 is 0. The second-order valence-corrected chi connectivity index (χ2v) is 4.63. The van der Waals surface area contributed by atoms with Crippen LogP contribution < -0.4 is 0 Å². The summed E-state index contributed by atoms with van der Waals surface area (Å²) in [5.41, 5.74) is 1.06. The third-order valence-electron chi connectivity index (χ3n) is 3.06. The van der Waals surface area contributed by atoms with Crippen molar-refractivity contribution in [1.82, 2.24) is 4.90 Å². The summed E-state index contributed by atoms with van der Waals surface area (Å²) in [4.78, 5) is 13.7. The van der Waals surface area contributed by atoms with Gasteiger partial charge in [0.2, 0.25) is 0 Å². The van der Waals surface area contributed by atoms with E-state index < -0.39 is 0 Å². The normalized spacial score (nSPS) is 20.1. The Hall–Kier alpha value is -1.77. The standard InChI is InChI=1S/C14H17NO2/c1-10(2)15-8-7-13(17)9-14(15)11-3-5-12(16)6-4-11/h3-8,10,14,16H,9H2,1-2H3. The molecule has 17 heavy (non-hydrogen) atoms. The van der Waals surface area contributed by atoms with Crippen molar-refractivity contribution in [3.63, 3.8) is 0 Å². The van der Waals surface area contributed by atoms with Crippen LogP contribution in [-0.2, 0) is 4.79 Å². The Bertz CT molecular complexity index is 434. The van der Waals surface area contributed by atoms with E-state index in [1.54, 1.807) is 18.2 Å². The van der Waals surface area contributed by atoms with Crippen LogP contribution in [0.4, 0.5) is 0 Å². The van der Waals surface area contributed by atoms with Gasteiger partial charge in [0.05, 0.1) is 6.04 Å². The molecule has 0 radical (unpaired) electrons. The average Bonchev–Trinajstić information content (AvgIpc) is 2.29. The molecule has 0 saturated carbocycles. The van der Waals surface area contributed by atoms with Gasteiger partial charge in [0.25, 0.3) is 0 Å². The molecule has 1 aliphatic heterocycles. The van der Waals surface area contributed by atoms with Gasteiger partial charge >= 0.3 is 0 Å². The van der Waals surface area contributed by atoms with Crippen molar-refractivity contribution in [2.75, 3.05) is 0 Å². The maximum absolute atomic E-state index is 11.5. The maximum atomic E-state index is 11.5. The number of nitrogens with zero attached hydrogens (tertiary/aromatic N) is 1. The van der Waals surface area contributed by atoms with E-state index in [0.717, 1.165) is 5.56 Å². The summed E-state index contributed by atoms with van der Waals surface area (Å²) in [7, 11) is 0. The first-order chi connectivity index (χ1) is 8.08. The van der Waals surface area contributed by atoms with Crippen LogP contribution >= 0.6 is 0 Å². The van der Waals surface area contributed by atoms with Gasteiger partial charge in [-0.3, -0.25) is 4.79 Å². The zero-order chi connectivity index (χ0) is 12.4. The van der Waals surface area contributed by atoms with Crippen LogP contribution in [0.15, 0.2) is 36.5 Å². The SMILES string of the molecule is CC(C)N1C=CC(=O)CC1c1ccc(O)cc1. The van der Waals surface area contributed by atoms with Gasteiger partial charge in [0, 0.05) is 18.7 Å². The number of allylic oxidation sites excluding steroid dienone is 1. The minimum atomic E-state index is 0.0769. The molecule has 1 atom stereocenters. The molecule has 1 unspecified atom stereocenters. The molecule has 0 aliphatic carbocycles. The molecule has 90 valence electrons. The predicted octanol–water partition coefficient (Wildman–Crippen LogP) is 2.63. The van der Waals surface area contributed by atoms with Crippen LogP contribution in [0, 0.1) is 0 Å². The molecule has 0 aromatic heterocycles. The molecule has 0 amide bonds. The van der Waals surface area contributed by atoms with Gasteiger partial charge in [-0.25, -0.2) is 0 Å². The first kappa shape index (κ1) is 11.7. The second kappa shape index (κ2) is 4.62. The van der Waals surface area contributed by atoms with Crippen LogP contribution in [0.3, 0.4) is 0 Å². The highest BCUT2D eigenvalue weighted by Gasteiger charge is 2.25. The van der Waals surface area contributed by atoms with Crippen molar-refractivity contribution in [2.24, 2.45) is 0 Å². The highest BCUT2D eigenvalue weighted by atomic mass is 16.3. The number of hydrogen-bond acceptors (Lipinski definition) is 3. The first-order valence-electron chi connectivity index (χ1n) is 5.85. The molecule has 2 rings (SSSR count). The fraction of sp³-hybridized carbons (Fsp3) is 0.357. The Morgan fingerprint density at radius 3 is 2.53 bits per heavy atom. The van der Waals surface area contributed by atoms with Gasteiger partial charge in [0.1, 0.15) is 5.75 Å². The number of carbonyl (C=O) groups excluding carboxylic acids is 1. The van der Waals surface area contributed by atoms with Crippen LogP contribution in [0.25, 0.3) is 0 Å². The molecule has 0 saturated heterocycles. The molecule has 1 aromatic carbocycles. The number of phenolic OH excluding ortho intramolecular Hbond substituents is 1. The number of aromatic hydroxyl groups is 1. The van der Waals surface area contributed by atoms with Crippen LogP contribution in [0.1, 0.15) is 31.9 Å². The second-order valence-electron chi connectivity index (χ2n) is 4.63. The van der Waals surface area contributed by atoms with E-state index in [-0.39, 0.29) is 17.6 Å². The van der Waals surface area contributed by atoms with Gasteiger partial charge in [-0.1, -0.05) is 12.1 Å². The van der Waals surface area contributed by atoms with E-state index in [0.29, 0.717) is 12.5 Å². The molecule has 0 spiro atoms. The summed E-state index contributed by atoms with van der Waals surface area (Å²) in [6.07, 6.45) is 4.00. The summed E-state index contributed by atoms with van der Waals surface area (Å²) in [6.45, 7) is 4.21. The van der Waals surface area contributed by atoms with Crippen LogP contribution in [0.5, 0.6) is 5.75 Å². The highest BCUT2D eigenvalue weighted by Crippen LogP contribution is 2.30. The zero-order valence-electron chi connectivity index (χ0n) is 10.1. The van der Waals surface area contributed by atoms with Gasteiger partial charge in [-0.05, 0) is 37.6 Å². The summed E-state index contributed by atoms with van der Waals surface area (Å²) < 4.78 is 0. The Morgan fingerprint density at radius 1 is 1.29 bits per heavy atom. The summed E-state index contributed by atoms with van der Waals surface area (Å²) in [5, 5.41) is 9.29. The number of hydrogen-bond donors (Lipinski definition) is 1. The van der Waals surface area contributed by atoms with Crippen molar-refractivity contribution in [1.29, 1.82) is 0 Å². The predicted molar refractivity (Wildman–Crippen MR) is 66.6 cm³/mol. The molecule has 1 aliphatic rings. The molecule has 3 heteroatoms. The van der Waals surface area contributed by atoms with E-state index >= 15 is 0 Å². The van der Waals surface area contributed by atoms with Gasteiger partial charge in [-0.2, -0.15) is 0 Å². The molecule has 3 nitrogen and oxygen atoms in total. The van der Waals surface area contributed by atoms with Crippen molar-refractivity contribution in [3.05, 3.63) is 42.1 Å². The third-order valence-corrected chi connectivity index (χ3v) is 3.06. The Morgan fingerprint density at radius 2 is 1.94 bits per heavy atom. The number of ketones is 1. The number of rotatable bonds is 2. The lowest BCUT2D eigenvalue weighted by Crippen LogP contribution is -2.34. The minimum absolute atomic E-state index is 0.0769. The van der Waals surface area contributed by atoms with Crippen molar-refractivity contribution < 1.29 is 9.90 Å². The maximum Gasteiger partial charge on any atom is 0.159 e. The quantitative estimate of drug-likeness (QED) is 0.850. The Balaban J connectivity index is 2.31. The van der Waals surface area contributed by atoms with E-state index in [1.165, 1.54) is 0 Å². The molecule has 1 N–H and O–H groups in total. The molecule has 1 aromatic rings. The number of benzene rings is 1. The molecule has 0 fully saturated rings. The Labute approximate surface area is 101 Å². The van der Waals surface area contributed by atoms with Crippen molar-refractivity contribution in [3.8, 4) is 5.75 Å². The van der Waals surface area contributed by atoms with Crippen LogP contribution in [0.2, 0.25) is 0 Å². The zero-order valence-corrected chi connectivity index (χ0v) is 10.1. The fourth-order valence-corrected chi connectivity index (χ4v) is 2.16. The van der Waals surface area contributed by atoms with Crippen molar-refractivity contribution in [2.45, 2.75) is 32.4 Å². The molecule has 1 heterocycles. The van der Waals surface area contributed by atoms with Gasteiger partial charge in [0.15, 0.2) is 5.78 Å². The number of carbonyl (C=O) groups is 1. The topological polar surface area (TPSA) is 40.5 Å². The molecular formula is C14H17NO2. The summed E-state index contributed by atoms with van der Waals surface area (Å²) in [6, 6.07) is 7.50.